The predicted octanol–water partition coefficient (Wildman–Crippen LogP) is 2.73. The number of carboxylic acid groups (broad SMARTS) is 1. The van der Waals surface area contributed by atoms with Gasteiger partial charge in [-0.3, -0.25) is 9.48 Å². The number of nitrogens with one attached hydrogen (secondary N) is 1. The molecule has 0 atom stereocenters. The maximum absolute atomic E-state index is 12.4. The molecule has 1 aliphatic heterocycles. The molecule has 0 saturated carbocycles. The Hall–Kier alpha value is -2.90. The van der Waals surface area contributed by atoms with Gasteiger partial charge in [0.15, 0.2) is 5.54 Å². The predicted molar refractivity (Wildman–Crippen MR) is 102 cm³/mol. The van der Waals surface area contributed by atoms with E-state index >= 15 is 0 Å². The van der Waals surface area contributed by atoms with E-state index in [9.17, 15) is 14.7 Å². The van der Waals surface area contributed by atoms with Gasteiger partial charge in [-0.1, -0.05) is 12.8 Å². The Bertz CT molecular complexity index is 805. The normalized spacial score (nSPS) is 15.3. The molecule has 3 rings (SSSR count). The van der Waals surface area contributed by atoms with Crippen LogP contribution in [0.25, 0.3) is 0 Å². The Morgan fingerprint density at radius 2 is 1.81 bits per heavy atom. The van der Waals surface area contributed by atoms with Gasteiger partial charge in [0.1, 0.15) is 5.82 Å². The fourth-order valence-electron chi connectivity index (χ4n) is 3.00. The number of hydrogen-bond donors (Lipinski definition) is 2. The van der Waals surface area contributed by atoms with Crippen molar-refractivity contribution >= 4 is 23.4 Å². The molecule has 0 aliphatic carbocycles. The molecule has 144 valence electrons. The molecule has 1 saturated heterocycles. The Balaban J connectivity index is 1.66. The number of pyridine rings is 1. The van der Waals surface area contributed by atoms with Crippen LogP contribution in [0.4, 0.5) is 11.5 Å². The van der Waals surface area contributed by atoms with E-state index in [1.165, 1.54) is 42.8 Å². The summed E-state index contributed by atoms with van der Waals surface area (Å²) in [5.74, 6) is -0.418. The number of rotatable bonds is 5. The van der Waals surface area contributed by atoms with Crippen LogP contribution in [-0.4, -0.2) is 44.8 Å². The van der Waals surface area contributed by atoms with Crippen LogP contribution < -0.4 is 10.2 Å². The van der Waals surface area contributed by atoms with Crippen molar-refractivity contribution in [1.82, 2.24) is 14.8 Å². The van der Waals surface area contributed by atoms with Gasteiger partial charge >= 0.3 is 5.97 Å². The van der Waals surface area contributed by atoms with Gasteiger partial charge in [-0.05, 0) is 38.8 Å². The first-order valence-electron chi connectivity index (χ1n) is 9.19. The van der Waals surface area contributed by atoms with E-state index in [2.05, 4.69) is 20.3 Å². The maximum Gasteiger partial charge on any atom is 0.331 e. The zero-order valence-electron chi connectivity index (χ0n) is 15.7. The minimum absolute atomic E-state index is 0.308. The van der Waals surface area contributed by atoms with E-state index in [0.717, 1.165) is 18.9 Å². The maximum atomic E-state index is 12.4. The second-order valence-electron chi connectivity index (χ2n) is 7.30. The van der Waals surface area contributed by atoms with Crippen LogP contribution in [0.5, 0.6) is 0 Å². The number of anilines is 2. The third kappa shape index (κ3) is 4.27. The zero-order valence-corrected chi connectivity index (χ0v) is 15.7. The molecule has 0 spiro atoms. The van der Waals surface area contributed by atoms with E-state index in [4.69, 9.17) is 0 Å². The van der Waals surface area contributed by atoms with Crippen molar-refractivity contribution in [1.29, 1.82) is 0 Å². The van der Waals surface area contributed by atoms with Crippen molar-refractivity contribution in [2.24, 2.45) is 0 Å². The highest BCUT2D eigenvalue weighted by Gasteiger charge is 2.30. The molecule has 2 aromatic heterocycles. The zero-order chi connectivity index (χ0) is 19.4. The molecule has 27 heavy (non-hydrogen) atoms. The Morgan fingerprint density at radius 1 is 1.11 bits per heavy atom. The molecule has 2 aromatic rings. The quantitative estimate of drug-likeness (QED) is 0.838. The summed E-state index contributed by atoms with van der Waals surface area (Å²) in [6.07, 6.45) is 9.35. The fourth-order valence-corrected chi connectivity index (χ4v) is 3.00. The van der Waals surface area contributed by atoms with Crippen LogP contribution in [0, 0.1) is 0 Å². The molecule has 1 aliphatic rings. The number of carboxylic acids is 1. The summed E-state index contributed by atoms with van der Waals surface area (Å²) < 4.78 is 1.31. The second-order valence-corrected chi connectivity index (χ2v) is 7.30. The van der Waals surface area contributed by atoms with Crippen molar-refractivity contribution in [2.75, 3.05) is 23.3 Å². The standard InChI is InChI=1S/C19H25N5O3/c1-19(2,18(26)27)24-13-15(12-21-24)22-17(25)14-7-8-16(20-11-14)23-9-5-3-4-6-10-23/h7-8,11-13H,3-6,9-10H2,1-2H3,(H,22,25)(H,26,27). The summed E-state index contributed by atoms with van der Waals surface area (Å²) in [7, 11) is 0. The number of amides is 1. The van der Waals surface area contributed by atoms with Gasteiger partial charge in [0.05, 0.1) is 17.4 Å². The van der Waals surface area contributed by atoms with E-state index in [1.54, 1.807) is 26.1 Å². The summed E-state index contributed by atoms with van der Waals surface area (Å²) in [5, 5.41) is 16.0. The van der Waals surface area contributed by atoms with Crippen molar-refractivity contribution < 1.29 is 14.7 Å². The third-order valence-corrected chi connectivity index (χ3v) is 4.88. The van der Waals surface area contributed by atoms with Crippen LogP contribution in [0.3, 0.4) is 0 Å². The summed E-state index contributed by atoms with van der Waals surface area (Å²) in [6, 6.07) is 3.63. The van der Waals surface area contributed by atoms with Gasteiger partial charge in [-0.15, -0.1) is 0 Å². The van der Waals surface area contributed by atoms with Crippen LogP contribution in [0.2, 0.25) is 0 Å². The largest absolute Gasteiger partial charge is 0.479 e. The minimum atomic E-state index is -1.20. The topological polar surface area (TPSA) is 100 Å². The number of nitrogens with zero attached hydrogens (tertiary/aromatic N) is 4. The van der Waals surface area contributed by atoms with E-state index in [0.29, 0.717) is 11.3 Å². The molecular weight excluding hydrogens is 346 g/mol. The number of aromatic nitrogens is 3. The molecule has 0 unspecified atom stereocenters. The summed E-state index contributed by atoms with van der Waals surface area (Å²) in [5.41, 5.74) is -0.316. The first kappa shape index (κ1) is 18.9. The lowest BCUT2D eigenvalue weighted by molar-refractivity contribution is -0.146. The highest BCUT2D eigenvalue weighted by atomic mass is 16.4. The first-order chi connectivity index (χ1) is 12.9. The summed E-state index contributed by atoms with van der Waals surface area (Å²) in [4.78, 5) is 30.4. The molecule has 1 amide bonds. The molecule has 3 heterocycles. The summed E-state index contributed by atoms with van der Waals surface area (Å²) >= 11 is 0. The third-order valence-electron chi connectivity index (χ3n) is 4.88. The Kier molecular flexibility index (Phi) is 5.43. The highest BCUT2D eigenvalue weighted by Crippen LogP contribution is 2.19. The SMILES string of the molecule is CC(C)(C(=O)O)n1cc(NC(=O)c2ccc(N3CCCCCC3)nc2)cn1. The van der Waals surface area contributed by atoms with Gasteiger partial charge in [0, 0.05) is 25.5 Å². The van der Waals surface area contributed by atoms with E-state index < -0.39 is 11.5 Å². The average Bonchev–Trinajstić information content (AvgIpc) is 2.95. The molecule has 0 radical (unpaired) electrons. The lowest BCUT2D eigenvalue weighted by Gasteiger charge is -2.21. The van der Waals surface area contributed by atoms with E-state index in [-0.39, 0.29) is 5.91 Å². The minimum Gasteiger partial charge on any atom is -0.479 e. The second kappa shape index (κ2) is 7.77. The van der Waals surface area contributed by atoms with Gasteiger partial charge in [-0.25, -0.2) is 9.78 Å². The monoisotopic (exact) mass is 371 g/mol. The molecule has 8 heteroatoms. The van der Waals surface area contributed by atoms with Crippen LogP contribution >= 0.6 is 0 Å². The van der Waals surface area contributed by atoms with Crippen molar-refractivity contribution in [3.05, 3.63) is 36.3 Å². The summed E-state index contributed by atoms with van der Waals surface area (Å²) in [6.45, 7) is 5.08. The first-order valence-corrected chi connectivity index (χ1v) is 9.19. The smallest absolute Gasteiger partial charge is 0.331 e. The van der Waals surface area contributed by atoms with Crippen molar-refractivity contribution in [3.63, 3.8) is 0 Å². The lowest BCUT2D eigenvalue weighted by atomic mass is 10.1. The highest BCUT2D eigenvalue weighted by molar-refractivity contribution is 6.04. The number of aliphatic carboxylic acids is 1. The van der Waals surface area contributed by atoms with Crippen molar-refractivity contribution in [3.8, 4) is 0 Å². The molecule has 0 bridgehead atoms. The molecular formula is C19H25N5O3. The molecule has 0 aromatic carbocycles. The van der Waals surface area contributed by atoms with Crippen molar-refractivity contribution in [2.45, 2.75) is 45.1 Å². The number of hydrogen-bond acceptors (Lipinski definition) is 5. The van der Waals surface area contributed by atoms with E-state index in [1.807, 2.05) is 6.07 Å². The Labute approximate surface area is 158 Å². The molecule has 8 nitrogen and oxygen atoms in total. The van der Waals surface area contributed by atoms with Gasteiger partial charge < -0.3 is 15.3 Å². The van der Waals surface area contributed by atoms with Gasteiger partial charge in [0.2, 0.25) is 0 Å². The van der Waals surface area contributed by atoms with Gasteiger partial charge in [0.25, 0.3) is 5.91 Å². The Morgan fingerprint density at radius 3 is 2.41 bits per heavy atom. The van der Waals surface area contributed by atoms with Gasteiger partial charge in [-0.2, -0.15) is 5.10 Å². The van der Waals surface area contributed by atoms with Crippen LogP contribution in [0.15, 0.2) is 30.7 Å². The fraction of sp³-hybridized carbons (Fsp3) is 0.474. The molecule has 1 fully saturated rings. The van der Waals surface area contributed by atoms with Crippen LogP contribution in [0.1, 0.15) is 49.9 Å². The lowest BCUT2D eigenvalue weighted by Crippen LogP contribution is -2.35. The number of carbonyl (C=O) groups is 2. The number of carbonyl (C=O) groups excluding carboxylic acids is 1. The molecule has 2 N–H and O–H groups in total. The van der Waals surface area contributed by atoms with Crippen LogP contribution in [-0.2, 0) is 10.3 Å². The average molecular weight is 371 g/mol.